The molecule has 0 saturated carbocycles. The monoisotopic (exact) mass is 464 g/mol. The fourth-order valence-electron chi connectivity index (χ4n) is 4.01. The Kier molecular flexibility index (Phi) is 7.52. The SMILES string of the molecule is O=C1CCc2cc(OCCCC(=O)NC(Cc3cccc(F)c3)c3cccc(F)c3)ccc2N1. The molecule has 34 heavy (non-hydrogen) atoms. The first-order chi connectivity index (χ1) is 16.5. The van der Waals surface area contributed by atoms with Gasteiger partial charge >= 0.3 is 0 Å². The van der Waals surface area contributed by atoms with E-state index in [1.807, 2.05) is 12.1 Å². The molecule has 0 aromatic heterocycles. The summed E-state index contributed by atoms with van der Waals surface area (Å²) in [5.41, 5.74) is 3.17. The molecule has 0 fully saturated rings. The van der Waals surface area contributed by atoms with Crippen LogP contribution in [0.15, 0.2) is 66.7 Å². The number of hydrogen-bond acceptors (Lipinski definition) is 3. The predicted molar refractivity (Wildman–Crippen MR) is 126 cm³/mol. The van der Waals surface area contributed by atoms with Crippen LogP contribution in [0.5, 0.6) is 5.75 Å². The average molecular weight is 465 g/mol. The molecule has 0 aliphatic carbocycles. The van der Waals surface area contributed by atoms with Crippen molar-refractivity contribution in [1.29, 1.82) is 0 Å². The Morgan fingerprint density at radius 3 is 2.59 bits per heavy atom. The molecule has 2 amide bonds. The molecule has 1 aliphatic heterocycles. The van der Waals surface area contributed by atoms with E-state index in [2.05, 4.69) is 10.6 Å². The zero-order valence-corrected chi connectivity index (χ0v) is 18.7. The summed E-state index contributed by atoms with van der Waals surface area (Å²) >= 11 is 0. The minimum atomic E-state index is -0.484. The molecule has 1 atom stereocenters. The summed E-state index contributed by atoms with van der Waals surface area (Å²) in [6.45, 7) is 0.354. The van der Waals surface area contributed by atoms with Crippen molar-refractivity contribution in [2.75, 3.05) is 11.9 Å². The van der Waals surface area contributed by atoms with Gasteiger partial charge in [-0.1, -0.05) is 24.3 Å². The number of benzene rings is 3. The van der Waals surface area contributed by atoms with Gasteiger partial charge < -0.3 is 15.4 Å². The summed E-state index contributed by atoms with van der Waals surface area (Å²) in [6, 6.07) is 17.3. The third-order valence-electron chi connectivity index (χ3n) is 5.70. The van der Waals surface area contributed by atoms with Gasteiger partial charge in [0.15, 0.2) is 0 Å². The van der Waals surface area contributed by atoms with Crippen LogP contribution in [-0.2, 0) is 22.4 Å². The number of nitrogens with one attached hydrogen (secondary N) is 2. The van der Waals surface area contributed by atoms with Crippen LogP contribution in [0.2, 0.25) is 0 Å². The van der Waals surface area contributed by atoms with Crippen molar-refractivity contribution in [3.8, 4) is 5.75 Å². The maximum Gasteiger partial charge on any atom is 0.224 e. The molecular formula is C27H26F2N2O3. The summed E-state index contributed by atoms with van der Waals surface area (Å²) < 4.78 is 33.2. The molecule has 0 spiro atoms. The van der Waals surface area contributed by atoms with Crippen LogP contribution in [0.4, 0.5) is 14.5 Å². The molecule has 5 nitrogen and oxygen atoms in total. The van der Waals surface area contributed by atoms with Gasteiger partial charge in [-0.3, -0.25) is 9.59 Å². The largest absolute Gasteiger partial charge is 0.494 e. The molecule has 3 aromatic carbocycles. The maximum absolute atomic E-state index is 13.8. The number of amides is 2. The van der Waals surface area contributed by atoms with Crippen LogP contribution in [0.25, 0.3) is 0 Å². The normalized spacial score (nSPS) is 13.5. The minimum absolute atomic E-state index is 0.0149. The molecule has 176 valence electrons. The highest BCUT2D eigenvalue weighted by Crippen LogP contribution is 2.27. The van der Waals surface area contributed by atoms with Crippen LogP contribution in [-0.4, -0.2) is 18.4 Å². The fourth-order valence-corrected chi connectivity index (χ4v) is 4.01. The highest BCUT2D eigenvalue weighted by atomic mass is 19.1. The van der Waals surface area contributed by atoms with Crippen LogP contribution in [0.1, 0.15) is 42.0 Å². The Morgan fingerprint density at radius 2 is 1.79 bits per heavy atom. The summed E-state index contributed by atoms with van der Waals surface area (Å²) in [4.78, 5) is 24.1. The van der Waals surface area contributed by atoms with Gasteiger partial charge in [0.25, 0.3) is 0 Å². The van der Waals surface area contributed by atoms with E-state index in [1.165, 1.54) is 24.3 Å². The lowest BCUT2D eigenvalue weighted by molar-refractivity contribution is -0.122. The van der Waals surface area contributed by atoms with Crippen molar-refractivity contribution in [1.82, 2.24) is 5.32 Å². The maximum atomic E-state index is 13.8. The van der Waals surface area contributed by atoms with Gasteiger partial charge in [-0.25, -0.2) is 8.78 Å². The third-order valence-corrected chi connectivity index (χ3v) is 5.70. The molecule has 3 aromatic rings. The topological polar surface area (TPSA) is 67.4 Å². The number of ether oxygens (including phenoxy) is 1. The van der Waals surface area contributed by atoms with Crippen LogP contribution in [0.3, 0.4) is 0 Å². The Morgan fingerprint density at radius 1 is 1.00 bits per heavy atom. The zero-order valence-electron chi connectivity index (χ0n) is 18.7. The van der Waals surface area contributed by atoms with E-state index in [-0.39, 0.29) is 24.1 Å². The standard InChI is InChI=1S/C27H26F2N2O3/c28-21-6-1-4-18(14-21)15-25(19-5-2-7-22(29)16-19)31-26(32)8-3-13-34-23-10-11-24-20(17-23)9-12-27(33)30-24/h1-2,4-7,10-11,14,16-17,25H,3,8-9,12-13,15H2,(H,30,33)(H,31,32). The van der Waals surface area contributed by atoms with Gasteiger partial charge in [-0.2, -0.15) is 0 Å². The molecule has 4 rings (SSSR count). The quantitative estimate of drug-likeness (QED) is 0.433. The zero-order chi connectivity index (χ0) is 23.9. The molecule has 1 unspecified atom stereocenters. The molecule has 2 N–H and O–H groups in total. The first-order valence-corrected chi connectivity index (χ1v) is 11.3. The number of fused-ring (bicyclic) bond motifs is 1. The molecular weight excluding hydrogens is 438 g/mol. The average Bonchev–Trinajstić information content (AvgIpc) is 2.81. The van der Waals surface area contributed by atoms with Crippen molar-refractivity contribution >= 4 is 17.5 Å². The van der Waals surface area contributed by atoms with Gasteiger partial charge in [-0.15, -0.1) is 0 Å². The van der Waals surface area contributed by atoms with E-state index < -0.39 is 11.9 Å². The van der Waals surface area contributed by atoms with E-state index in [0.29, 0.717) is 49.2 Å². The third kappa shape index (κ3) is 6.41. The smallest absolute Gasteiger partial charge is 0.224 e. The van der Waals surface area contributed by atoms with Gasteiger partial charge in [0, 0.05) is 18.5 Å². The van der Waals surface area contributed by atoms with Gasteiger partial charge in [0.1, 0.15) is 17.4 Å². The van der Waals surface area contributed by atoms with E-state index in [4.69, 9.17) is 4.74 Å². The fraction of sp³-hybridized carbons (Fsp3) is 0.259. The number of halogens is 2. The minimum Gasteiger partial charge on any atom is -0.494 e. The van der Waals surface area contributed by atoms with Crippen LogP contribution < -0.4 is 15.4 Å². The lowest BCUT2D eigenvalue weighted by Crippen LogP contribution is -2.30. The Bertz CT molecular complexity index is 1180. The number of anilines is 1. The van der Waals surface area contributed by atoms with Crippen molar-refractivity contribution in [3.63, 3.8) is 0 Å². The number of hydrogen-bond donors (Lipinski definition) is 2. The second-order valence-electron chi connectivity index (χ2n) is 8.33. The highest BCUT2D eigenvalue weighted by molar-refractivity contribution is 5.94. The van der Waals surface area contributed by atoms with E-state index in [0.717, 1.165) is 11.3 Å². The van der Waals surface area contributed by atoms with E-state index >= 15 is 0 Å². The summed E-state index contributed by atoms with van der Waals surface area (Å²) in [6.07, 6.45) is 2.20. The van der Waals surface area contributed by atoms with Crippen molar-refractivity contribution < 1.29 is 23.1 Å². The lowest BCUT2D eigenvalue weighted by Gasteiger charge is -2.20. The molecule has 0 saturated heterocycles. The van der Waals surface area contributed by atoms with Crippen LogP contribution in [0, 0.1) is 11.6 Å². The molecule has 7 heteroatoms. The summed E-state index contributed by atoms with van der Waals surface area (Å²) in [5.74, 6) is -0.236. The molecule has 0 radical (unpaired) electrons. The number of carbonyl (C=O) groups excluding carboxylic acids is 2. The predicted octanol–water partition coefficient (Wildman–Crippen LogP) is 5.11. The number of rotatable bonds is 9. The Labute approximate surface area is 197 Å². The lowest BCUT2D eigenvalue weighted by atomic mass is 9.98. The second kappa shape index (κ2) is 10.9. The first-order valence-electron chi connectivity index (χ1n) is 11.3. The van der Waals surface area contributed by atoms with Gasteiger partial charge in [0.05, 0.1) is 12.6 Å². The highest BCUT2D eigenvalue weighted by Gasteiger charge is 2.17. The van der Waals surface area contributed by atoms with Crippen molar-refractivity contribution in [2.45, 2.75) is 38.1 Å². The number of carbonyl (C=O) groups is 2. The first kappa shape index (κ1) is 23.4. The van der Waals surface area contributed by atoms with E-state index in [1.54, 1.807) is 30.3 Å². The van der Waals surface area contributed by atoms with Crippen LogP contribution >= 0.6 is 0 Å². The Hall–Kier alpha value is -3.74. The summed E-state index contributed by atoms with van der Waals surface area (Å²) in [7, 11) is 0. The molecule has 1 heterocycles. The van der Waals surface area contributed by atoms with Gasteiger partial charge in [0.2, 0.25) is 11.8 Å². The summed E-state index contributed by atoms with van der Waals surface area (Å²) in [5, 5.41) is 5.78. The van der Waals surface area contributed by atoms with Gasteiger partial charge in [-0.05, 0) is 78.4 Å². The molecule has 1 aliphatic rings. The second-order valence-corrected chi connectivity index (χ2v) is 8.33. The van der Waals surface area contributed by atoms with E-state index in [9.17, 15) is 18.4 Å². The van der Waals surface area contributed by atoms with Crippen molar-refractivity contribution in [2.24, 2.45) is 0 Å². The van der Waals surface area contributed by atoms with Crippen molar-refractivity contribution in [3.05, 3.63) is 95.1 Å². The Balaban J connectivity index is 1.31. The molecule has 0 bridgehead atoms. The number of aryl methyl sites for hydroxylation is 1.